The van der Waals surface area contributed by atoms with Crippen molar-refractivity contribution in [2.75, 3.05) is 0 Å². The molecule has 128 valence electrons. The summed E-state index contributed by atoms with van der Waals surface area (Å²) in [4.78, 5) is 0. The molecule has 0 unspecified atom stereocenters. The Morgan fingerprint density at radius 1 is 0.556 bits per heavy atom. The minimum absolute atomic E-state index is 1.10. The number of aromatic nitrogens is 1. The first-order valence-electron chi connectivity index (χ1n) is 8.85. The molecule has 1 aliphatic heterocycles. The fourth-order valence-corrected chi connectivity index (χ4v) is 5.21. The second kappa shape index (κ2) is 5.57. The lowest BCUT2D eigenvalue weighted by Crippen LogP contribution is -1.95. The lowest BCUT2D eigenvalue weighted by molar-refractivity contribution is 1.19. The zero-order chi connectivity index (χ0) is 18.1. The number of para-hydroxylation sites is 1. The summed E-state index contributed by atoms with van der Waals surface area (Å²) >= 11 is 7.41. The van der Waals surface area contributed by atoms with Crippen LogP contribution in [-0.2, 0) is 0 Å². The van der Waals surface area contributed by atoms with Crippen molar-refractivity contribution in [1.82, 2.24) is 4.57 Å². The average molecular weight is 475 g/mol. The van der Waals surface area contributed by atoms with E-state index in [1.807, 2.05) is 0 Å². The van der Waals surface area contributed by atoms with Crippen LogP contribution in [0.4, 0.5) is 0 Å². The van der Waals surface area contributed by atoms with Gasteiger partial charge < -0.3 is 4.57 Å². The molecular formula is C24H13Br2N. The maximum Gasteiger partial charge on any atom is 0.0620 e. The molecule has 1 nitrogen and oxygen atoms in total. The van der Waals surface area contributed by atoms with Crippen molar-refractivity contribution < 1.29 is 0 Å². The maximum atomic E-state index is 3.75. The molecule has 0 spiro atoms. The minimum Gasteiger partial charge on any atom is -0.308 e. The Kier molecular flexibility index (Phi) is 3.23. The predicted molar refractivity (Wildman–Crippen MR) is 121 cm³/mol. The minimum atomic E-state index is 1.10. The highest BCUT2D eigenvalue weighted by Crippen LogP contribution is 2.47. The van der Waals surface area contributed by atoms with Crippen molar-refractivity contribution in [1.29, 1.82) is 0 Å². The first-order valence-corrected chi connectivity index (χ1v) is 10.4. The van der Waals surface area contributed by atoms with Crippen LogP contribution in [0, 0.1) is 0 Å². The van der Waals surface area contributed by atoms with E-state index >= 15 is 0 Å². The van der Waals surface area contributed by atoms with Gasteiger partial charge in [0.05, 0.1) is 16.7 Å². The van der Waals surface area contributed by atoms with Crippen LogP contribution < -0.4 is 0 Å². The number of nitrogens with zero attached hydrogens (tertiary/aromatic N) is 1. The van der Waals surface area contributed by atoms with Gasteiger partial charge in [0.2, 0.25) is 0 Å². The van der Waals surface area contributed by atoms with E-state index in [0.29, 0.717) is 0 Å². The third kappa shape index (κ3) is 2.10. The molecule has 5 aromatic rings. The van der Waals surface area contributed by atoms with E-state index in [1.54, 1.807) is 0 Å². The molecule has 6 rings (SSSR count). The van der Waals surface area contributed by atoms with E-state index in [9.17, 15) is 0 Å². The highest BCUT2D eigenvalue weighted by Gasteiger charge is 2.24. The zero-order valence-corrected chi connectivity index (χ0v) is 17.4. The molecule has 1 aromatic heterocycles. The number of halogens is 2. The smallest absolute Gasteiger partial charge is 0.0620 e. The normalized spacial score (nSPS) is 12.1. The SMILES string of the molecule is Brc1ccc2c(c1)c1cc(Br)cc3c1n2-c1ccccc1-c1ccccc1-3. The molecule has 0 aliphatic carbocycles. The van der Waals surface area contributed by atoms with E-state index in [2.05, 4.69) is 115 Å². The Labute approximate surface area is 173 Å². The van der Waals surface area contributed by atoms with Crippen LogP contribution in [0.5, 0.6) is 0 Å². The van der Waals surface area contributed by atoms with Crippen molar-refractivity contribution in [2.24, 2.45) is 0 Å². The van der Waals surface area contributed by atoms with Crippen LogP contribution in [0.15, 0.2) is 87.8 Å². The van der Waals surface area contributed by atoms with Gasteiger partial charge in [-0.2, -0.15) is 0 Å². The Morgan fingerprint density at radius 3 is 2.04 bits per heavy atom. The fraction of sp³-hybridized carbons (Fsp3) is 0. The van der Waals surface area contributed by atoms with Gasteiger partial charge in [-0.1, -0.05) is 74.3 Å². The third-order valence-electron chi connectivity index (χ3n) is 5.44. The molecular weight excluding hydrogens is 462 g/mol. The molecule has 0 N–H and O–H groups in total. The van der Waals surface area contributed by atoms with Gasteiger partial charge in [0.1, 0.15) is 0 Å². The lowest BCUT2D eigenvalue weighted by Gasteiger charge is -2.12. The van der Waals surface area contributed by atoms with Crippen molar-refractivity contribution in [3.63, 3.8) is 0 Å². The number of rotatable bonds is 0. The monoisotopic (exact) mass is 473 g/mol. The highest BCUT2D eigenvalue weighted by atomic mass is 79.9. The first kappa shape index (κ1) is 15.7. The van der Waals surface area contributed by atoms with Crippen LogP contribution >= 0.6 is 31.9 Å². The van der Waals surface area contributed by atoms with E-state index in [0.717, 1.165) is 8.95 Å². The molecule has 1 aliphatic rings. The number of benzene rings is 4. The molecule has 0 radical (unpaired) electrons. The van der Waals surface area contributed by atoms with Gasteiger partial charge in [-0.25, -0.2) is 0 Å². The summed E-state index contributed by atoms with van der Waals surface area (Å²) in [6, 6.07) is 28.5. The number of fused-ring (bicyclic) bond motifs is 8. The van der Waals surface area contributed by atoms with Gasteiger partial charge in [-0.3, -0.25) is 0 Å². The van der Waals surface area contributed by atoms with Gasteiger partial charge in [-0.15, -0.1) is 0 Å². The van der Waals surface area contributed by atoms with E-state index in [4.69, 9.17) is 0 Å². The molecule has 0 saturated carbocycles. The summed E-state index contributed by atoms with van der Waals surface area (Å²) in [6.45, 7) is 0. The molecule has 27 heavy (non-hydrogen) atoms. The molecule has 4 aromatic carbocycles. The summed E-state index contributed by atoms with van der Waals surface area (Å²) in [5.74, 6) is 0. The Morgan fingerprint density at radius 2 is 1.22 bits per heavy atom. The van der Waals surface area contributed by atoms with Crippen molar-refractivity contribution in [3.8, 4) is 27.9 Å². The van der Waals surface area contributed by atoms with Crippen molar-refractivity contribution in [3.05, 3.63) is 87.8 Å². The van der Waals surface area contributed by atoms with Crippen molar-refractivity contribution in [2.45, 2.75) is 0 Å². The van der Waals surface area contributed by atoms with Gasteiger partial charge in [-0.05, 0) is 47.5 Å². The van der Waals surface area contributed by atoms with E-state index < -0.39 is 0 Å². The molecule has 0 bridgehead atoms. The maximum absolute atomic E-state index is 3.75. The van der Waals surface area contributed by atoms with E-state index in [-0.39, 0.29) is 0 Å². The molecule has 0 atom stereocenters. The quantitative estimate of drug-likeness (QED) is 0.210. The Bertz CT molecular complexity index is 1390. The van der Waals surface area contributed by atoms with Crippen LogP contribution in [0.3, 0.4) is 0 Å². The number of hydrogen-bond acceptors (Lipinski definition) is 0. The van der Waals surface area contributed by atoms with Gasteiger partial charge >= 0.3 is 0 Å². The van der Waals surface area contributed by atoms with Crippen LogP contribution in [0.2, 0.25) is 0 Å². The molecule has 0 amide bonds. The van der Waals surface area contributed by atoms with E-state index in [1.165, 1.54) is 49.7 Å². The summed E-state index contributed by atoms with van der Waals surface area (Å²) < 4.78 is 4.62. The molecule has 0 fully saturated rings. The lowest BCUT2D eigenvalue weighted by atomic mass is 9.94. The Hall–Kier alpha value is -2.36. The number of hydrogen-bond donors (Lipinski definition) is 0. The van der Waals surface area contributed by atoms with Gasteiger partial charge in [0, 0.05) is 30.8 Å². The van der Waals surface area contributed by atoms with Crippen LogP contribution in [-0.4, -0.2) is 4.57 Å². The van der Waals surface area contributed by atoms with Gasteiger partial charge in [0.15, 0.2) is 0 Å². The average Bonchev–Trinajstić information content (AvgIpc) is 2.94. The topological polar surface area (TPSA) is 4.93 Å². The molecule has 0 saturated heterocycles. The molecule has 2 heterocycles. The zero-order valence-electron chi connectivity index (χ0n) is 14.2. The Balaban J connectivity index is 1.98. The second-order valence-corrected chi connectivity index (χ2v) is 8.74. The third-order valence-corrected chi connectivity index (χ3v) is 6.39. The summed E-state index contributed by atoms with van der Waals surface area (Å²) in [7, 11) is 0. The fourth-order valence-electron chi connectivity index (χ4n) is 4.39. The van der Waals surface area contributed by atoms with Crippen LogP contribution in [0.1, 0.15) is 0 Å². The summed E-state index contributed by atoms with van der Waals surface area (Å²) in [6.07, 6.45) is 0. The predicted octanol–water partition coefficient (Wildman–Crippen LogP) is 7.96. The summed E-state index contributed by atoms with van der Waals surface area (Å²) in [5.41, 5.74) is 8.81. The highest BCUT2D eigenvalue weighted by molar-refractivity contribution is 9.10. The summed E-state index contributed by atoms with van der Waals surface area (Å²) in [5, 5.41) is 2.53. The van der Waals surface area contributed by atoms with Gasteiger partial charge in [0.25, 0.3) is 0 Å². The van der Waals surface area contributed by atoms with Crippen molar-refractivity contribution >= 4 is 53.7 Å². The van der Waals surface area contributed by atoms with Crippen LogP contribution in [0.25, 0.3) is 49.7 Å². The second-order valence-electron chi connectivity index (χ2n) is 6.91. The largest absolute Gasteiger partial charge is 0.308 e. The molecule has 3 heteroatoms. The first-order chi connectivity index (χ1) is 13.2. The standard InChI is InChI=1S/C24H13Br2N/c25-14-9-10-23-19(11-14)21-13-15(26)12-20-17-6-2-1-5-16(17)18-7-3-4-8-22(18)27(23)24(20)21/h1-13H.